The summed E-state index contributed by atoms with van der Waals surface area (Å²) in [5.41, 5.74) is 6.57. The van der Waals surface area contributed by atoms with Crippen molar-refractivity contribution >= 4 is 36.5 Å². The van der Waals surface area contributed by atoms with E-state index in [0.717, 1.165) is 11.4 Å². The molecule has 8 heteroatoms. The van der Waals surface area contributed by atoms with Gasteiger partial charge in [-0.1, -0.05) is 6.07 Å². The number of halogens is 2. The minimum Gasteiger partial charge on any atom is -0.383 e. The molecule has 1 atom stereocenters. The molecule has 1 aromatic heterocycles. The van der Waals surface area contributed by atoms with Crippen LogP contribution in [0.5, 0.6) is 0 Å². The van der Waals surface area contributed by atoms with Gasteiger partial charge < -0.3 is 20.7 Å². The third-order valence-electron chi connectivity index (χ3n) is 2.43. The summed E-state index contributed by atoms with van der Waals surface area (Å²) in [7, 11) is 5.33. The first-order valence-electron chi connectivity index (χ1n) is 5.69. The highest BCUT2D eigenvalue weighted by molar-refractivity contribution is 5.85. The Morgan fingerprint density at radius 1 is 1.50 bits per heavy atom. The van der Waals surface area contributed by atoms with E-state index in [2.05, 4.69) is 10.3 Å². The summed E-state index contributed by atoms with van der Waals surface area (Å²) in [5.74, 6) is 0.600. The smallest absolute Gasteiger partial charge is 0.239 e. The Balaban J connectivity index is 0. The Morgan fingerprint density at radius 3 is 2.70 bits per heavy atom. The summed E-state index contributed by atoms with van der Waals surface area (Å²) < 4.78 is 4.83. The van der Waals surface area contributed by atoms with Gasteiger partial charge in [0.1, 0.15) is 11.9 Å². The van der Waals surface area contributed by atoms with E-state index in [1.807, 2.05) is 31.1 Å². The van der Waals surface area contributed by atoms with Crippen molar-refractivity contribution in [2.45, 2.75) is 12.6 Å². The van der Waals surface area contributed by atoms with Gasteiger partial charge >= 0.3 is 0 Å². The average Bonchev–Trinajstić information content (AvgIpc) is 2.36. The fraction of sp³-hybridized carbons (Fsp3) is 0.500. The molecule has 3 N–H and O–H groups in total. The third-order valence-corrected chi connectivity index (χ3v) is 2.43. The van der Waals surface area contributed by atoms with Crippen LogP contribution in [-0.2, 0) is 16.1 Å². The molecule has 0 radical (unpaired) electrons. The number of nitrogens with zero attached hydrogens (tertiary/aromatic N) is 2. The van der Waals surface area contributed by atoms with Gasteiger partial charge in [0.15, 0.2) is 0 Å². The first-order valence-corrected chi connectivity index (χ1v) is 5.69. The van der Waals surface area contributed by atoms with Gasteiger partial charge in [-0.25, -0.2) is 4.98 Å². The van der Waals surface area contributed by atoms with Gasteiger partial charge in [0.05, 0.1) is 6.61 Å². The first-order chi connectivity index (χ1) is 8.56. The predicted octanol–water partition coefficient (Wildman–Crippen LogP) is 0.581. The van der Waals surface area contributed by atoms with Gasteiger partial charge in [-0.15, -0.1) is 24.8 Å². The van der Waals surface area contributed by atoms with E-state index >= 15 is 0 Å². The monoisotopic (exact) mass is 324 g/mol. The van der Waals surface area contributed by atoms with Crippen LogP contribution in [0.2, 0.25) is 0 Å². The summed E-state index contributed by atoms with van der Waals surface area (Å²) in [5, 5.41) is 2.77. The van der Waals surface area contributed by atoms with E-state index in [0.29, 0.717) is 6.54 Å². The van der Waals surface area contributed by atoms with Gasteiger partial charge in [0, 0.05) is 39.5 Å². The van der Waals surface area contributed by atoms with Crippen LogP contribution in [0.15, 0.2) is 18.3 Å². The molecule has 116 valence electrons. The SMILES string of the molecule is COCC(N)C(=O)NCc1cccnc1N(C)C.Cl.Cl. The topological polar surface area (TPSA) is 80.5 Å². The number of amides is 1. The molecule has 0 fully saturated rings. The molecular weight excluding hydrogens is 303 g/mol. The Hall–Kier alpha value is -1.08. The van der Waals surface area contributed by atoms with Crippen molar-refractivity contribution in [3.8, 4) is 0 Å². The highest BCUT2D eigenvalue weighted by Crippen LogP contribution is 2.13. The van der Waals surface area contributed by atoms with E-state index < -0.39 is 6.04 Å². The first kappa shape index (κ1) is 21.2. The van der Waals surface area contributed by atoms with E-state index in [9.17, 15) is 4.79 Å². The average molecular weight is 325 g/mol. The van der Waals surface area contributed by atoms with Crippen LogP contribution in [-0.4, -0.2) is 44.7 Å². The number of methoxy groups -OCH3 is 1. The number of hydrogen-bond donors (Lipinski definition) is 2. The number of hydrogen-bond acceptors (Lipinski definition) is 5. The number of ether oxygens (including phenoxy) is 1. The number of pyridine rings is 1. The Kier molecular flexibility index (Phi) is 11.3. The number of carbonyl (C=O) groups is 1. The second-order valence-corrected chi connectivity index (χ2v) is 4.16. The maximum absolute atomic E-state index is 11.6. The van der Waals surface area contributed by atoms with Crippen LogP contribution < -0.4 is 16.0 Å². The minimum absolute atomic E-state index is 0. The molecule has 0 spiro atoms. The minimum atomic E-state index is -0.644. The van der Waals surface area contributed by atoms with Crippen molar-refractivity contribution in [1.82, 2.24) is 10.3 Å². The number of rotatable bonds is 6. The Bertz CT molecular complexity index is 405. The van der Waals surface area contributed by atoms with Crippen molar-refractivity contribution in [3.63, 3.8) is 0 Å². The highest BCUT2D eigenvalue weighted by Gasteiger charge is 2.13. The van der Waals surface area contributed by atoms with Gasteiger partial charge in [-0.3, -0.25) is 4.79 Å². The Morgan fingerprint density at radius 2 is 2.15 bits per heavy atom. The molecule has 0 bridgehead atoms. The molecule has 1 rings (SSSR count). The zero-order chi connectivity index (χ0) is 13.5. The number of nitrogens with two attached hydrogens (primary N) is 1. The van der Waals surface area contributed by atoms with Crippen molar-refractivity contribution < 1.29 is 9.53 Å². The summed E-state index contributed by atoms with van der Waals surface area (Å²) in [6.07, 6.45) is 1.72. The molecule has 0 aliphatic carbocycles. The standard InChI is InChI=1S/C12H20N4O2.2ClH/c1-16(2)11-9(5-4-6-14-11)7-15-12(17)10(13)8-18-3;;/h4-6,10H,7-8,13H2,1-3H3,(H,15,17);2*1H. The second-order valence-electron chi connectivity index (χ2n) is 4.16. The number of carbonyl (C=O) groups excluding carboxylic acids is 1. The van der Waals surface area contributed by atoms with Crippen LogP contribution >= 0.6 is 24.8 Å². The van der Waals surface area contributed by atoms with Crippen LogP contribution in [0.4, 0.5) is 5.82 Å². The van der Waals surface area contributed by atoms with E-state index in [1.54, 1.807) is 6.20 Å². The van der Waals surface area contributed by atoms with Gasteiger partial charge in [-0.05, 0) is 6.07 Å². The summed E-state index contributed by atoms with van der Waals surface area (Å²) in [4.78, 5) is 17.8. The molecule has 0 saturated heterocycles. The molecule has 1 aromatic rings. The van der Waals surface area contributed by atoms with Crippen molar-refractivity contribution in [2.75, 3.05) is 32.7 Å². The summed E-state index contributed by atoms with van der Waals surface area (Å²) in [6, 6.07) is 3.11. The van der Waals surface area contributed by atoms with Crippen molar-refractivity contribution in [3.05, 3.63) is 23.9 Å². The Labute approximate surface area is 131 Å². The van der Waals surface area contributed by atoms with E-state index in [1.165, 1.54) is 7.11 Å². The number of anilines is 1. The quantitative estimate of drug-likeness (QED) is 0.800. The third kappa shape index (κ3) is 6.38. The number of nitrogens with one attached hydrogen (secondary N) is 1. The van der Waals surface area contributed by atoms with Crippen LogP contribution in [0, 0.1) is 0 Å². The zero-order valence-corrected chi connectivity index (χ0v) is 13.5. The van der Waals surface area contributed by atoms with Crippen LogP contribution in [0.1, 0.15) is 5.56 Å². The summed E-state index contributed by atoms with van der Waals surface area (Å²) in [6.45, 7) is 0.608. The van der Waals surface area contributed by atoms with E-state index in [-0.39, 0.29) is 37.3 Å². The molecule has 1 unspecified atom stereocenters. The highest BCUT2D eigenvalue weighted by atomic mass is 35.5. The molecule has 0 saturated carbocycles. The maximum atomic E-state index is 11.6. The molecule has 0 aromatic carbocycles. The lowest BCUT2D eigenvalue weighted by molar-refractivity contribution is -0.123. The molecule has 0 aliphatic heterocycles. The molecule has 6 nitrogen and oxygen atoms in total. The van der Waals surface area contributed by atoms with Gasteiger partial charge in [-0.2, -0.15) is 0 Å². The van der Waals surface area contributed by atoms with Crippen LogP contribution in [0.3, 0.4) is 0 Å². The van der Waals surface area contributed by atoms with Gasteiger partial charge in [0.25, 0.3) is 0 Å². The lowest BCUT2D eigenvalue weighted by Crippen LogP contribution is -2.43. The second kappa shape index (κ2) is 10.7. The zero-order valence-electron chi connectivity index (χ0n) is 11.8. The lowest BCUT2D eigenvalue weighted by atomic mass is 10.2. The number of aromatic nitrogens is 1. The van der Waals surface area contributed by atoms with E-state index in [4.69, 9.17) is 10.5 Å². The fourth-order valence-electron chi connectivity index (χ4n) is 1.54. The van der Waals surface area contributed by atoms with Crippen LogP contribution in [0.25, 0.3) is 0 Å². The fourth-order valence-corrected chi connectivity index (χ4v) is 1.54. The normalized spacial score (nSPS) is 10.8. The molecule has 0 aliphatic rings. The van der Waals surface area contributed by atoms with Crippen molar-refractivity contribution in [2.24, 2.45) is 5.73 Å². The molecule has 1 amide bonds. The van der Waals surface area contributed by atoms with Gasteiger partial charge in [0.2, 0.25) is 5.91 Å². The largest absolute Gasteiger partial charge is 0.383 e. The lowest BCUT2D eigenvalue weighted by Gasteiger charge is -2.17. The maximum Gasteiger partial charge on any atom is 0.239 e. The molecule has 20 heavy (non-hydrogen) atoms. The molecule has 1 heterocycles. The summed E-state index contributed by atoms with van der Waals surface area (Å²) >= 11 is 0. The molecular formula is C12H22Cl2N4O2. The van der Waals surface area contributed by atoms with Crippen molar-refractivity contribution in [1.29, 1.82) is 0 Å². The predicted molar refractivity (Wildman–Crippen MR) is 84.8 cm³/mol.